The smallest absolute Gasteiger partial charge is 0.0562 e. The molecule has 0 fully saturated rings. The van der Waals surface area contributed by atoms with Crippen LogP contribution < -0.4 is 0 Å². The molecule has 11 aromatic rings. The maximum absolute atomic E-state index is 2.57. The van der Waals surface area contributed by atoms with E-state index in [9.17, 15) is 0 Å². The molecule has 0 aliphatic heterocycles. The summed E-state index contributed by atoms with van der Waals surface area (Å²) < 4.78 is 7.49. The fourth-order valence-electron chi connectivity index (χ4n) is 10.6. The van der Waals surface area contributed by atoms with E-state index in [1.54, 1.807) is 0 Å². The van der Waals surface area contributed by atoms with Gasteiger partial charge in [0.2, 0.25) is 0 Å². The highest BCUT2D eigenvalue weighted by Crippen LogP contribution is 2.52. The molecule has 12 rings (SSSR count). The fraction of sp³-hybridized carbons (Fsp3) is 0.148. The van der Waals surface area contributed by atoms with Crippen molar-refractivity contribution in [2.24, 2.45) is 0 Å². The summed E-state index contributed by atoms with van der Waals surface area (Å²) in [6.07, 6.45) is 2.33. The Kier molecular flexibility index (Phi) is 6.58. The number of para-hydroxylation sites is 3. The van der Waals surface area contributed by atoms with E-state index in [0.29, 0.717) is 0 Å². The van der Waals surface area contributed by atoms with Crippen LogP contribution in [0.25, 0.3) is 93.3 Å². The first-order valence-corrected chi connectivity index (χ1v) is 20.4. The zero-order chi connectivity index (χ0) is 38.2. The van der Waals surface area contributed by atoms with Gasteiger partial charge in [0, 0.05) is 49.4 Å². The van der Waals surface area contributed by atoms with E-state index >= 15 is 0 Å². The van der Waals surface area contributed by atoms with Gasteiger partial charge in [-0.15, -0.1) is 0 Å². The van der Waals surface area contributed by atoms with Crippen LogP contribution in [0, 0.1) is 0 Å². The molecule has 3 heteroatoms. The molecular weight excluding hydrogens is 691 g/mol. The van der Waals surface area contributed by atoms with Crippen molar-refractivity contribution in [3.63, 3.8) is 0 Å². The van der Waals surface area contributed by atoms with Crippen LogP contribution in [0.3, 0.4) is 0 Å². The Morgan fingerprint density at radius 2 is 0.895 bits per heavy atom. The van der Waals surface area contributed by atoms with Crippen LogP contribution in [0.1, 0.15) is 51.7 Å². The first-order valence-electron chi connectivity index (χ1n) is 20.4. The number of nitrogens with zero attached hydrogens (tertiary/aromatic N) is 3. The number of fused-ring (bicyclic) bond motifs is 13. The highest BCUT2D eigenvalue weighted by Gasteiger charge is 2.39. The lowest BCUT2D eigenvalue weighted by molar-refractivity contribution is 0.334. The van der Waals surface area contributed by atoms with Crippen LogP contribution in [0.15, 0.2) is 164 Å². The minimum Gasteiger partial charge on any atom is -0.309 e. The highest BCUT2D eigenvalue weighted by atomic mass is 15.0. The van der Waals surface area contributed by atoms with Crippen molar-refractivity contribution in [3.8, 4) is 17.1 Å². The third kappa shape index (κ3) is 4.48. The molecule has 0 unspecified atom stereocenters. The molecule has 0 saturated heterocycles. The number of hydrogen-bond acceptors (Lipinski definition) is 0. The van der Waals surface area contributed by atoms with E-state index in [1.807, 2.05) is 0 Å². The van der Waals surface area contributed by atoms with Gasteiger partial charge in [0.25, 0.3) is 0 Å². The van der Waals surface area contributed by atoms with Crippen molar-refractivity contribution in [2.75, 3.05) is 0 Å². The summed E-state index contributed by atoms with van der Waals surface area (Å²) in [6.45, 7) is 9.84. The Hall–Kier alpha value is -6.58. The fourth-order valence-corrected chi connectivity index (χ4v) is 10.6. The van der Waals surface area contributed by atoms with Crippen LogP contribution in [-0.2, 0) is 10.8 Å². The summed E-state index contributed by atoms with van der Waals surface area (Å²) in [5.74, 6) is 0. The highest BCUT2D eigenvalue weighted by molar-refractivity contribution is 6.26. The van der Waals surface area contributed by atoms with E-state index < -0.39 is 0 Å². The lowest BCUT2D eigenvalue weighted by Gasteiger charge is -2.42. The van der Waals surface area contributed by atoms with Gasteiger partial charge in [-0.1, -0.05) is 125 Å². The second kappa shape index (κ2) is 11.5. The molecule has 0 radical (unpaired) electrons. The number of aromatic nitrogens is 3. The van der Waals surface area contributed by atoms with E-state index in [4.69, 9.17) is 0 Å². The molecule has 1 aliphatic carbocycles. The Bertz CT molecular complexity index is 3440. The van der Waals surface area contributed by atoms with Gasteiger partial charge < -0.3 is 13.7 Å². The normalized spacial score (nSPS) is 15.2. The predicted octanol–water partition coefficient (Wildman–Crippen LogP) is 14.5. The zero-order valence-electron chi connectivity index (χ0n) is 32.8. The molecule has 0 bridgehead atoms. The summed E-state index contributed by atoms with van der Waals surface area (Å²) in [6, 6.07) is 61.1. The molecule has 8 aromatic carbocycles. The van der Waals surface area contributed by atoms with Crippen LogP contribution in [0.4, 0.5) is 0 Å². The molecule has 0 spiro atoms. The maximum Gasteiger partial charge on any atom is 0.0562 e. The SMILES string of the molecule is CC1(C)CCC(C)(C)c2c1ccc1c2c2cc3c4c5ccccc5ccc4n(-c4ccccc4)c3cc2n1-c1ccc2c3ccccc3n(-c3ccccc3)c2c1. The van der Waals surface area contributed by atoms with Gasteiger partial charge in [-0.05, 0) is 112 Å². The molecule has 1 aliphatic rings. The van der Waals surface area contributed by atoms with E-state index in [1.165, 1.54) is 111 Å². The maximum atomic E-state index is 2.57. The van der Waals surface area contributed by atoms with Crippen LogP contribution >= 0.6 is 0 Å². The summed E-state index contributed by atoms with van der Waals surface area (Å²) >= 11 is 0. The summed E-state index contributed by atoms with van der Waals surface area (Å²) in [5, 5.41) is 10.4. The van der Waals surface area contributed by atoms with Crippen LogP contribution in [-0.4, -0.2) is 13.7 Å². The van der Waals surface area contributed by atoms with Gasteiger partial charge >= 0.3 is 0 Å². The topological polar surface area (TPSA) is 14.8 Å². The Balaban J connectivity index is 1.28. The summed E-state index contributed by atoms with van der Waals surface area (Å²) in [7, 11) is 0. The van der Waals surface area contributed by atoms with Crippen molar-refractivity contribution in [1.82, 2.24) is 13.7 Å². The molecule has 57 heavy (non-hydrogen) atoms. The van der Waals surface area contributed by atoms with Gasteiger partial charge in [-0.3, -0.25) is 0 Å². The Morgan fingerprint density at radius 3 is 1.65 bits per heavy atom. The lowest BCUT2D eigenvalue weighted by atomic mass is 9.62. The van der Waals surface area contributed by atoms with E-state index in [-0.39, 0.29) is 10.8 Å². The van der Waals surface area contributed by atoms with Crippen LogP contribution in [0.5, 0.6) is 0 Å². The third-order valence-corrected chi connectivity index (χ3v) is 13.4. The molecule has 3 nitrogen and oxygen atoms in total. The Morgan fingerprint density at radius 1 is 0.351 bits per heavy atom. The zero-order valence-corrected chi connectivity index (χ0v) is 32.8. The van der Waals surface area contributed by atoms with Gasteiger partial charge in [-0.2, -0.15) is 0 Å². The van der Waals surface area contributed by atoms with Gasteiger partial charge in [0.05, 0.1) is 33.1 Å². The molecular formula is C54H43N3. The van der Waals surface area contributed by atoms with Gasteiger partial charge in [0.15, 0.2) is 0 Å². The van der Waals surface area contributed by atoms with Crippen LogP contribution in [0.2, 0.25) is 0 Å². The standard InChI is InChI=1S/C54H43N3/c1-53(2)29-30-54(3,4)52-43(53)26-28-46-51(52)42-32-41-48(56(36-18-9-6-10-19-36)45-27-23-34-15-11-12-20-38(34)50(41)45)33-49(42)57(46)37-24-25-40-39-21-13-14-22-44(39)55(47(40)31-37)35-16-7-5-8-17-35/h5-28,31-33H,29-30H2,1-4H3. The molecule has 0 amide bonds. The quantitative estimate of drug-likeness (QED) is 0.172. The molecule has 3 aromatic heterocycles. The van der Waals surface area contributed by atoms with E-state index in [2.05, 4.69) is 205 Å². The van der Waals surface area contributed by atoms with Crippen molar-refractivity contribution in [3.05, 3.63) is 175 Å². The van der Waals surface area contributed by atoms with E-state index in [0.717, 1.165) is 6.42 Å². The van der Waals surface area contributed by atoms with Gasteiger partial charge in [0.1, 0.15) is 0 Å². The first-order chi connectivity index (χ1) is 27.8. The largest absolute Gasteiger partial charge is 0.309 e. The molecule has 0 N–H and O–H groups in total. The summed E-state index contributed by atoms with van der Waals surface area (Å²) in [5.41, 5.74) is 14.0. The van der Waals surface area contributed by atoms with Crippen molar-refractivity contribution < 1.29 is 0 Å². The predicted molar refractivity (Wildman–Crippen MR) is 242 cm³/mol. The average Bonchev–Trinajstić information content (AvgIpc) is 3.87. The molecule has 0 atom stereocenters. The summed E-state index contributed by atoms with van der Waals surface area (Å²) in [4.78, 5) is 0. The monoisotopic (exact) mass is 733 g/mol. The molecule has 3 heterocycles. The second-order valence-electron chi connectivity index (χ2n) is 17.6. The van der Waals surface area contributed by atoms with Crippen molar-refractivity contribution in [1.29, 1.82) is 0 Å². The minimum absolute atomic E-state index is 0.0207. The molecule has 0 saturated carbocycles. The first kappa shape index (κ1) is 32.6. The van der Waals surface area contributed by atoms with Gasteiger partial charge in [-0.25, -0.2) is 0 Å². The lowest BCUT2D eigenvalue weighted by Crippen LogP contribution is -2.34. The number of hydrogen-bond donors (Lipinski definition) is 0. The number of benzene rings is 8. The molecule has 274 valence electrons. The second-order valence-corrected chi connectivity index (χ2v) is 17.6. The van der Waals surface area contributed by atoms with Crippen molar-refractivity contribution >= 4 is 76.2 Å². The van der Waals surface area contributed by atoms with Crippen molar-refractivity contribution in [2.45, 2.75) is 51.4 Å². The Labute approximate surface area is 332 Å². The minimum atomic E-state index is 0.0207. The third-order valence-electron chi connectivity index (χ3n) is 13.4. The average molecular weight is 734 g/mol. The number of rotatable bonds is 3.